The molecule has 0 fully saturated rings. The van der Waals surface area contributed by atoms with E-state index in [1.165, 1.54) is 12.1 Å². The van der Waals surface area contributed by atoms with Gasteiger partial charge >= 0.3 is 6.09 Å². The minimum absolute atomic E-state index is 0.0275. The average molecular weight is 625 g/mol. The highest BCUT2D eigenvalue weighted by atomic mass is 32.2. The monoisotopic (exact) mass is 624 g/mol. The van der Waals surface area contributed by atoms with Crippen LogP contribution in [-0.4, -0.2) is 62.7 Å². The number of hydrogen-bond acceptors (Lipinski definition) is 7. The Bertz CT molecular complexity index is 1440. The van der Waals surface area contributed by atoms with Crippen molar-refractivity contribution in [3.05, 3.63) is 102 Å². The number of rotatable bonds is 16. The molecule has 3 unspecified atom stereocenters. The lowest BCUT2D eigenvalue weighted by molar-refractivity contribution is -0.132. The summed E-state index contributed by atoms with van der Waals surface area (Å²) in [5, 5.41) is 18.9. The minimum atomic E-state index is -3.77. The Labute approximate surface area is 258 Å². The minimum Gasteiger partial charge on any atom is -0.445 e. The number of aliphatic hydroxyl groups excluding tert-OH is 1. The van der Waals surface area contributed by atoms with Crippen LogP contribution in [0.4, 0.5) is 4.79 Å². The largest absolute Gasteiger partial charge is 0.445 e. The van der Waals surface area contributed by atoms with Crippen molar-refractivity contribution in [3.8, 4) is 0 Å². The molecule has 5 N–H and O–H groups in total. The summed E-state index contributed by atoms with van der Waals surface area (Å²) in [5.74, 6) is -1.35. The van der Waals surface area contributed by atoms with E-state index in [1.807, 2.05) is 50.2 Å². The second kappa shape index (κ2) is 17.1. The number of aliphatic hydroxyl groups is 1. The van der Waals surface area contributed by atoms with Crippen LogP contribution in [-0.2, 0) is 37.4 Å². The van der Waals surface area contributed by atoms with Gasteiger partial charge in [0.05, 0.1) is 10.9 Å². The highest BCUT2D eigenvalue weighted by molar-refractivity contribution is 7.89. The SMILES string of the molecule is CC(C)CC(NC(=O)OCc1ccccc1)C(=O)NC(Cc1ccccc1)C(O)C(=O)NCCNS(=O)(=O)c1ccccc1. The molecule has 3 aromatic rings. The van der Waals surface area contributed by atoms with Gasteiger partial charge in [-0.3, -0.25) is 9.59 Å². The Morgan fingerprint density at radius 1 is 0.773 bits per heavy atom. The highest BCUT2D eigenvalue weighted by Crippen LogP contribution is 2.11. The molecule has 0 aromatic heterocycles. The van der Waals surface area contributed by atoms with Crippen LogP contribution < -0.4 is 20.7 Å². The van der Waals surface area contributed by atoms with Gasteiger partial charge in [0.2, 0.25) is 15.9 Å². The van der Waals surface area contributed by atoms with Crippen molar-refractivity contribution in [1.29, 1.82) is 0 Å². The molecule has 236 valence electrons. The third-order valence-electron chi connectivity index (χ3n) is 6.57. The summed E-state index contributed by atoms with van der Waals surface area (Å²) < 4.78 is 32.5. The third-order valence-corrected chi connectivity index (χ3v) is 8.05. The number of alkyl carbamates (subject to hydrolysis) is 1. The lowest BCUT2D eigenvalue weighted by Gasteiger charge is -2.27. The summed E-state index contributed by atoms with van der Waals surface area (Å²) in [5.41, 5.74) is 1.55. The number of benzene rings is 3. The maximum atomic E-state index is 13.4. The fraction of sp³-hybridized carbons (Fsp3) is 0.344. The first-order chi connectivity index (χ1) is 21.0. The summed E-state index contributed by atoms with van der Waals surface area (Å²) in [4.78, 5) is 39.0. The lowest BCUT2D eigenvalue weighted by Crippen LogP contribution is -2.56. The average Bonchev–Trinajstić information content (AvgIpc) is 3.02. The summed E-state index contributed by atoms with van der Waals surface area (Å²) in [6.45, 7) is 3.61. The van der Waals surface area contributed by atoms with Gasteiger partial charge in [0, 0.05) is 13.1 Å². The van der Waals surface area contributed by atoms with Crippen LogP contribution in [0.15, 0.2) is 95.9 Å². The molecule has 3 rings (SSSR count). The summed E-state index contributed by atoms with van der Waals surface area (Å²) in [6, 6.07) is 23.9. The molecule has 0 bridgehead atoms. The van der Waals surface area contributed by atoms with E-state index in [1.54, 1.807) is 42.5 Å². The number of ether oxygens (including phenoxy) is 1. The van der Waals surface area contributed by atoms with E-state index < -0.39 is 46.1 Å². The predicted molar refractivity (Wildman–Crippen MR) is 166 cm³/mol. The van der Waals surface area contributed by atoms with Crippen molar-refractivity contribution in [3.63, 3.8) is 0 Å². The molecule has 3 amide bonds. The molecule has 12 heteroatoms. The number of carbonyl (C=O) groups is 3. The fourth-order valence-corrected chi connectivity index (χ4v) is 5.40. The first-order valence-corrected chi connectivity index (χ1v) is 15.9. The Morgan fingerprint density at radius 3 is 1.93 bits per heavy atom. The maximum Gasteiger partial charge on any atom is 0.408 e. The predicted octanol–water partition coefficient (Wildman–Crippen LogP) is 2.51. The van der Waals surface area contributed by atoms with E-state index in [2.05, 4.69) is 20.7 Å². The molecule has 0 heterocycles. The Kier molecular flexibility index (Phi) is 13.3. The van der Waals surface area contributed by atoms with Crippen LogP contribution in [0.3, 0.4) is 0 Å². The van der Waals surface area contributed by atoms with Crippen molar-refractivity contribution in [2.75, 3.05) is 13.1 Å². The molecule has 0 spiro atoms. The van der Waals surface area contributed by atoms with Crippen LogP contribution in [0.2, 0.25) is 0 Å². The maximum absolute atomic E-state index is 13.4. The van der Waals surface area contributed by atoms with Gasteiger partial charge in [-0.25, -0.2) is 17.9 Å². The van der Waals surface area contributed by atoms with Gasteiger partial charge in [0.25, 0.3) is 5.91 Å². The Hall–Kier alpha value is -4.26. The van der Waals surface area contributed by atoms with Gasteiger partial charge in [0.15, 0.2) is 6.10 Å². The van der Waals surface area contributed by atoms with E-state index in [9.17, 15) is 27.9 Å². The van der Waals surface area contributed by atoms with Gasteiger partial charge in [-0.2, -0.15) is 0 Å². The molecule has 0 aliphatic heterocycles. The lowest BCUT2D eigenvalue weighted by atomic mass is 9.98. The van der Waals surface area contributed by atoms with Gasteiger partial charge in [0.1, 0.15) is 12.6 Å². The van der Waals surface area contributed by atoms with Crippen LogP contribution in [0.5, 0.6) is 0 Å². The van der Waals surface area contributed by atoms with Crippen LogP contribution in [0.25, 0.3) is 0 Å². The van der Waals surface area contributed by atoms with E-state index >= 15 is 0 Å². The first kappa shape index (κ1) is 34.2. The van der Waals surface area contributed by atoms with Gasteiger partial charge in [-0.1, -0.05) is 92.7 Å². The summed E-state index contributed by atoms with van der Waals surface area (Å²) >= 11 is 0. The second-order valence-electron chi connectivity index (χ2n) is 10.6. The van der Waals surface area contributed by atoms with E-state index in [0.29, 0.717) is 0 Å². The zero-order valence-corrected chi connectivity index (χ0v) is 25.6. The van der Waals surface area contributed by atoms with Crippen molar-refractivity contribution < 1.29 is 32.6 Å². The zero-order valence-electron chi connectivity index (χ0n) is 24.8. The Morgan fingerprint density at radius 2 is 1.34 bits per heavy atom. The zero-order chi connectivity index (χ0) is 32.0. The van der Waals surface area contributed by atoms with Crippen LogP contribution in [0, 0.1) is 5.92 Å². The first-order valence-electron chi connectivity index (χ1n) is 14.4. The molecule has 0 aliphatic carbocycles. The quantitative estimate of drug-likeness (QED) is 0.153. The van der Waals surface area contributed by atoms with E-state index in [-0.39, 0.29) is 43.4 Å². The summed E-state index contributed by atoms with van der Waals surface area (Å²) in [7, 11) is -3.77. The highest BCUT2D eigenvalue weighted by Gasteiger charge is 2.31. The molecule has 0 saturated heterocycles. The summed E-state index contributed by atoms with van der Waals surface area (Å²) in [6.07, 6.45) is -2.04. The van der Waals surface area contributed by atoms with Crippen molar-refractivity contribution in [2.24, 2.45) is 5.92 Å². The van der Waals surface area contributed by atoms with Gasteiger partial charge in [-0.15, -0.1) is 0 Å². The topological polar surface area (TPSA) is 163 Å². The number of hydrogen-bond donors (Lipinski definition) is 5. The van der Waals surface area contributed by atoms with Crippen molar-refractivity contribution in [1.82, 2.24) is 20.7 Å². The van der Waals surface area contributed by atoms with Crippen LogP contribution in [0.1, 0.15) is 31.4 Å². The molecule has 44 heavy (non-hydrogen) atoms. The van der Waals surface area contributed by atoms with Gasteiger partial charge < -0.3 is 25.8 Å². The van der Waals surface area contributed by atoms with Crippen molar-refractivity contribution in [2.45, 2.75) is 56.4 Å². The van der Waals surface area contributed by atoms with Crippen LogP contribution >= 0.6 is 0 Å². The molecule has 3 aromatic carbocycles. The second-order valence-corrected chi connectivity index (χ2v) is 12.4. The number of carbonyl (C=O) groups excluding carboxylic acids is 3. The number of sulfonamides is 1. The molecular weight excluding hydrogens is 584 g/mol. The fourth-order valence-electron chi connectivity index (χ4n) is 4.34. The molecule has 11 nitrogen and oxygen atoms in total. The Balaban J connectivity index is 1.63. The molecule has 0 saturated carbocycles. The van der Waals surface area contributed by atoms with Gasteiger partial charge in [-0.05, 0) is 42.0 Å². The number of nitrogens with one attached hydrogen (secondary N) is 4. The standard InChI is InChI=1S/C32H40N4O7S/c1-23(2)20-28(36-32(40)43-22-25-14-8-4-9-15-25)30(38)35-27(21-24-12-6-3-7-13-24)29(37)31(39)33-18-19-34-44(41,42)26-16-10-5-11-17-26/h3-17,23,27-29,34,37H,18-22H2,1-2H3,(H,33,39)(H,35,38)(H,36,40). The third kappa shape index (κ3) is 11.4. The normalized spacial score (nSPS) is 13.4. The van der Waals surface area contributed by atoms with E-state index in [0.717, 1.165) is 11.1 Å². The molecular formula is C32H40N4O7S. The smallest absolute Gasteiger partial charge is 0.408 e. The van der Waals surface area contributed by atoms with E-state index in [4.69, 9.17) is 4.74 Å². The molecule has 0 radical (unpaired) electrons. The number of amides is 3. The molecule has 3 atom stereocenters. The van der Waals surface area contributed by atoms with Crippen molar-refractivity contribution >= 4 is 27.9 Å². The molecule has 0 aliphatic rings.